The maximum absolute atomic E-state index is 9.12. The molecular weight excluding hydrogens is 230 g/mol. The summed E-state index contributed by atoms with van der Waals surface area (Å²) in [6, 6.07) is 0. The average molecular weight is 251 g/mol. The van der Waals surface area contributed by atoms with Crippen molar-refractivity contribution in [2.45, 2.75) is 33.0 Å². The number of nitrogens with zero attached hydrogens (tertiary/aromatic N) is 3. The lowest BCUT2D eigenvalue weighted by Gasteiger charge is -2.36. The van der Waals surface area contributed by atoms with Crippen molar-refractivity contribution in [3.8, 4) is 0 Å². The van der Waals surface area contributed by atoms with E-state index in [-0.39, 0.29) is 12.7 Å². The fourth-order valence-corrected chi connectivity index (χ4v) is 2.31. The first-order chi connectivity index (χ1) is 8.65. The Morgan fingerprint density at radius 2 is 2.33 bits per heavy atom. The molecule has 2 rings (SSSR count). The van der Waals surface area contributed by atoms with Gasteiger partial charge in [-0.25, -0.2) is 9.97 Å². The number of anilines is 1. The molecule has 0 radical (unpaired) electrons. The Hall–Kier alpha value is -1.20. The Morgan fingerprint density at radius 1 is 1.56 bits per heavy atom. The molecule has 0 amide bonds. The van der Waals surface area contributed by atoms with Crippen molar-refractivity contribution < 1.29 is 9.84 Å². The van der Waals surface area contributed by atoms with Crippen molar-refractivity contribution in [1.29, 1.82) is 0 Å². The first-order valence-electron chi connectivity index (χ1n) is 6.36. The lowest BCUT2D eigenvalue weighted by atomic mass is 9.96. The quantitative estimate of drug-likeness (QED) is 0.873. The Labute approximate surface area is 108 Å². The molecule has 1 aromatic rings. The van der Waals surface area contributed by atoms with Crippen LogP contribution in [-0.4, -0.2) is 41.4 Å². The molecule has 2 atom stereocenters. The highest BCUT2D eigenvalue weighted by atomic mass is 16.5. The van der Waals surface area contributed by atoms with E-state index in [9.17, 15) is 0 Å². The monoisotopic (exact) mass is 251 g/mol. The zero-order valence-electron chi connectivity index (χ0n) is 11.3. The van der Waals surface area contributed by atoms with E-state index in [4.69, 9.17) is 9.84 Å². The maximum atomic E-state index is 9.12. The zero-order chi connectivity index (χ0) is 13.1. The summed E-state index contributed by atoms with van der Waals surface area (Å²) in [7, 11) is 1.76. The van der Waals surface area contributed by atoms with Gasteiger partial charge in [0, 0.05) is 37.7 Å². The molecule has 5 nitrogen and oxygen atoms in total. The van der Waals surface area contributed by atoms with Crippen molar-refractivity contribution in [3.63, 3.8) is 0 Å². The number of hydrogen-bond donors (Lipinski definition) is 1. The molecule has 1 N–H and O–H groups in total. The molecule has 5 heteroatoms. The van der Waals surface area contributed by atoms with Crippen molar-refractivity contribution in [1.82, 2.24) is 9.97 Å². The first-order valence-corrected chi connectivity index (χ1v) is 6.36. The van der Waals surface area contributed by atoms with E-state index in [2.05, 4.69) is 21.8 Å². The van der Waals surface area contributed by atoms with Crippen molar-refractivity contribution >= 4 is 5.95 Å². The van der Waals surface area contributed by atoms with Gasteiger partial charge in [0.1, 0.15) is 0 Å². The average Bonchev–Trinajstić information content (AvgIpc) is 2.39. The highest BCUT2D eigenvalue weighted by Gasteiger charge is 2.27. The van der Waals surface area contributed by atoms with Crippen LogP contribution in [0, 0.1) is 12.8 Å². The minimum Gasteiger partial charge on any atom is -0.392 e. The number of aromatic nitrogens is 2. The predicted octanol–water partition coefficient (Wildman–Crippen LogP) is 1.14. The van der Waals surface area contributed by atoms with Gasteiger partial charge in [0.25, 0.3) is 0 Å². The number of piperidine rings is 1. The molecule has 0 aromatic carbocycles. The van der Waals surface area contributed by atoms with Crippen LogP contribution in [0.15, 0.2) is 6.20 Å². The van der Waals surface area contributed by atoms with E-state index in [0.29, 0.717) is 5.92 Å². The number of aliphatic hydroxyl groups is 1. The van der Waals surface area contributed by atoms with E-state index in [1.807, 2.05) is 6.92 Å². The van der Waals surface area contributed by atoms with Gasteiger partial charge in [0.2, 0.25) is 5.95 Å². The summed E-state index contributed by atoms with van der Waals surface area (Å²) < 4.78 is 5.49. The van der Waals surface area contributed by atoms with Crippen LogP contribution < -0.4 is 4.90 Å². The molecule has 1 fully saturated rings. The summed E-state index contributed by atoms with van der Waals surface area (Å²) in [6.07, 6.45) is 3.03. The van der Waals surface area contributed by atoms with Gasteiger partial charge in [-0.05, 0) is 19.3 Å². The minimum absolute atomic E-state index is 0.0101. The highest BCUT2D eigenvalue weighted by Crippen LogP contribution is 2.22. The summed E-state index contributed by atoms with van der Waals surface area (Å²) in [4.78, 5) is 10.9. The number of ether oxygens (including phenoxy) is 1. The summed E-state index contributed by atoms with van der Waals surface area (Å²) in [5.74, 6) is 1.31. The van der Waals surface area contributed by atoms with Crippen LogP contribution >= 0.6 is 0 Å². The van der Waals surface area contributed by atoms with Crippen molar-refractivity contribution in [3.05, 3.63) is 17.5 Å². The lowest BCUT2D eigenvalue weighted by molar-refractivity contribution is 0.0494. The van der Waals surface area contributed by atoms with E-state index < -0.39 is 0 Å². The third-order valence-electron chi connectivity index (χ3n) is 3.71. The molecule has 100 valence electrons. The van der Waals surface area contributed by atoms with E-state index in [1.54, 1.807) is 13.3 Å². The Balaban J connectivity index is 2.14. The van der Waals surface area contributed by atoms with Gasteiger partial charge in [-0.15, -0.1) is 0 Å². The molecule has 1 saturated heterocycles. The first kappa shape index (κ1) is 13.2. The van der Waals surface area contributed by atoms with Crippen LogP contribution in [0.5, 0.6) is 0 Å². The normalized spacial score (nSPS) is 24.3. The molecule has 0 aliphatic carbocycles. The van der Waals surface area contributed by atoms with Crippen LogP contribution in [0.4, 0.5) is 5.95 Å². The lowest BCUT2D eigenvalue weighted by Crippen LogP contribution is -2.44. The number of aliphatic hydroxyl groups excluding tert-OH is 1. The molecule has 1 aliphatic rings. The van der Waals surface area contributed by atoms with Gasteiger partial charge >= 0.3 is 0 Å². The van der Waals surface area contributed by atoms with Gasteiger partial charge in [-0.3, -0.25) is 0 Å². The van der Waals surface area contributed by atoms with Crippen molar-refractivity contribution in [2.24, 2.45) is 5.92 Å². The molecule has 18 heavy (non-hydrogen) atoms. The third kappa shape index (κ3) is 2.62. The van der Waals surface area contributed by atoms with Gasteiger partial charge < -0.3 is 14.7 Å². The van der Waals surface area contributed by atoms with Gasteiger partial charge in [0.15, 0.2) is 0 Å². The molecule has 2 heterocycles. The Bertz CT molecular complexity index is 411. The molecular formula is C13H21N3O2. The second-order valence-corrected chi connectivity index (χ2v) is 4.92. The van der Waals surface area contributed by atoms with Crippen LogP contribution in [0.2, 0.25) is 0 Å². The highest BCUT2D eigenvalue weighted by molar-refractivity contribution is 5.33. The van der Waals surface area contributed by atoms with Crippen LogP contribution in [-0.2, 0) is 11.3 Å². The van der Waals surface area contributed by atoms with Crippen molar-refractivity contribution in [2.75, 3.05) is 25.1 Å². The molecule has 0 saturated carbocycles. The zero-order valence-corrected chi connectivity index (χ0v) is 11.3. The minimum atomic E-state index is -0.0101. The molecule has 0 bridgehead atoms. The van der Waals surface area contributed by atoms with Gasteiger partial charge in [0.05, 0.1) is 12.7 Å². The fourth-order valence-electron chi connectivity index (χ4n) is 2.31. The SMILES string of the molecule is COC1CN(c2ncc(CO)c(C)n2)CCC1C. The fraction of sp³-hybridized carbons (Fsp3) is 0.692. The van der Waals surface area contributed by atoms with E-state index >= 15 is 0 Å². The number of rotatable bonds is 3. The second kappa shape index (κ2) is 5.63. The summed E-state index contributed by atoms with van der Waals surface area (Å²) in [5, 5.41) is 9.12. The number of methoxy groups -OCH3 is 1. The molecule has 1 aromatic heterocycles. The third-order valence-corrected chi connectivity index (χ3v) is 3.71. The number of aryl methyl sites for hydroxylation is 1. The second-order valence-electron chi connectivity index (χ2n) is 4.92. The van der Waals surface area contributed by atoms with Crippen LogP contribution in [0.1, 0.15) is 24.6 Å². The van der Waals surface area contributed by atoms with Crippen LogP contribution in [0.25, 0.3) is 0 Å². The summed E-state index contributed by atoms with van der Waals surface area (Å²) in [5.41, 5.74) is 1.63. The van der Waals surface area contributed by atoms with Crippen LogP contribution in [0.3, 0.4) is 0 Å². The Morgan fingerprint density at radius 3 is 2.94 bits per heavy atom. The smallest absolute Gasteiger partial charge is 0.225 e. The van der Waals surface area contributed by atoms with E-state index in [0.717, 1.165) is 36.7 Å². The van der Waals surface area contributed by atoms with Gasteiger partial charge in [-0.2, -0.15) is 0 Å². The largest absolute Gasteiger partial charge is 0.392 e. The maximum Gasteiger partial charge on any atom is 0.225 e. The summed E-state index contributed by atoms with van der Waals surface area (Å²) in [6.45, 7) is 5.89. The number of hydrogen-bond acceptors (Lipinski definition) is 5. The molecule has 0 spiro atoms. The van der Waals surface area contributed by atoms with Gasteiger partial charge in [-0.1, -0.05) is 6.92 Å². The summed E-state index contributed by atoms with van der Waals surface area (Å²) >= 11 is 0. The standard InChI is InChI=1S/C13H21N3O2/c1-9-4-5-16(7-12(9)18-3)13-14-6-11(8-17)10(2)15-13/h6,9,12,17H,4-5,7-8H2,1-3H3. The Kier molecular flexibility index (Phi) is 4.14. The van der Waals surface area contributed by atoms with E-state index in [1.165, 1.54) is 0 Å². The molecule has 2 unspecified atom stereocenters. The molecule has 1 aliphatic heterocycles. The topological polar surface area (TPSA) is 58.5 Å². The predicted molar refractivity (Wildman–Crippen MR) is 69.5 cm³/mol.